The van der Waals surface area contributed by atoms with E-state index < -0.39 is 0 Å². The summed E-state index contributed by atoms with van der Waals surface area (Å²) in [4.78, 5) is 4.59. The van der Waals surface area contributed by atoms with Crippen LogP contribution >= 0.6 is 0 Å². The van der Waals surface area contributed by atoms with Crippen LogP contribution in [0.4, 0.5) is 0 Å². The molecule has 0 spiro atoms. The van der Waals surface area contributed by atoms with Gasteiger partial charge in [-0.15, -0.1) is 0 Å². The molecule has 0 aromatic heterocycles. The van der Waals surface area contributed by atoms with Crippen LogP contribution in [0.3, 0.4) is 0 Å². The number of methoxy groups -OCH3 is 1. The molecule has 1 heterocycles. The molecule has 1 aliphatic heterocycles. The minimum atomic E-state index is 0.458. The molecule has 2 unspecified atom stereocenters. The third-order valence-corrected chi connectivity index (χ3v) is 4.08. The number of hydrogen-bond donors (Lipinski definition) is 1. The number of ether oxygens (including phenoxy) is 1. The van der Waals surface area contributed by atoms with Crippen LogP contribution in [-0.4, -0.2) is 51.1 Å². The number of benzene rings is 1. The number of likely N-dealkylation sites (tertiary alicyclic amines) is 1. The van der Waals surface area contributed by atoms with Crippen LogP contribution in [0.1, 0.15) is 23.6 Å². The predicted molar refractivity (Wildman–Crippen MR) is 82.9 cm³/mol. The Labute approximate surface area is 122 Å². The van der Waals surface area contributed by atoms with E-state index in [4.69, 9.17) is 10.5 Å². The topological polar surface area (TPSA) is 41.7 Å². The van der Waals surface area contributed by atoms with Gasteiger partial charge in [-0.3, -0.25) is 4.90 Å². The SMILES string of the molecule is COc1cc(CN(C)C)cc(C2CC(CN)CN2C)c1. The minimum Gasteiger partial charge on any atom is -0.497 e. The van der Waals surface area contributed by atoms with Gasteiger partial charge in [-0.1, -0.05) is 6.07 Å². The molecule has 1 aliphatic rings. The van der Waals surface area contributed by atoms with E-state index in [2.05, 4.69) is 49.1 Å². The zero-order valence-corrected chi connectivity index (χ0v) is 13.1. The molecule has 4 nitrogen and oxygen atoms in total. The van der Waals surface area contributed by atoms with Gasteiger partial charge in [-0.2, -0.15) is 0 Å². The fourth-order valence-corrected chi connectivity index (χ4v) is 3.12. The summed E-state index contributed by atoms with van der Waals surface area (Å²) in [6.07, 6.45) is 1.14. The second-order valence-electron chi connectivity index (χ2n) is 6.15. The summed E-state index contributed by atoms with van der Waals surface area (Å²) >= 11 is 0. The van der Waals surface area contributed by atoms with Crippen molar-refractivity contribution in [1.82, 2.24) is 9.80 Å². The van der Waals surface area contributed by atoms with Gasteiger partial charge in [-0.25, -0.2) is 0 Å². The first-order valence-electron chi connectivity index (χ1n) is 7.26. The molecule has 1 saturated heterocycles. The van der Waals surface area contributed by atoms with Crippen LogP contribution in [0.2, 0.25) is 0 Å². The Balaban J connectivity index is 2.26. The quantitative estimate of drug-likeness (QED) is 0.889. The Hall–Kier alpha value is -1.10. The molecular weight excluding hydrogens is 250 g/mol. The Morgan fingerprint density at radius 1 is 1.35 bits per heavy atom. The van der Waals surface area contributed by atoms with Crippen LogP contribution in [0.15, 0.2) is 18.2 Å². The lowest BCUT2D eigenvalue weighted by molar-refractivity contribution is 0.312. The number of rotatable bonds is 5. The van der Waals surface area contributed by atoms with Gasteiger partial charge in [0.25, 0.3) is 0 Å². The van der Waals surface area contributed by atoms with E-state index in [0.717, 1.165) is 31.8 Å². The van der Waals surface area contributed by atoms with Crippen molar-refractivity contribution in [2.75, 3.05) is 41.3 Å². The molecule has 0 amide bonds. The number of nitrogens with two attached hydrogens (primary N) is 1. The average Bonchev–Trinajstić information content (AvgIpc) is 2.79. The molecule has 2 N–H and O–H groups in total. The van der Waals surface area contributed by atoms with E-state index >= 15 is 0 Å². The van der Waals surface area contributed by atoms with Gasteiger partial charge >= 0.3 is 0 Å². The van der Waals surface area contributed by atoms with Crippen molar-refractivity contribution < 1.29 is 4.74 Å². The molecule has 0 radical (unpaired) electrons. The van der Waals surface area contributed by atoms with Crippen LogP contribution in [0.5, 0.6) is 5.75 Å². The summed E-state index contributed by atoms with van der Waals surface area (Å²) in [7, 11) is 8.10. The second kappa shape index (κ2) is 6.57. The Kier molecular flexibility index (Phi) is 5.02. The van der Waals surface area contributed by atoms with Gasteiger partial charge in [0.1, 0.15) is 5.75 Å². The summed E-state index contributed by atoms with van der Waals surface area (Å²) in [6, 6.07) is 7.06. The highest BCUT2D eigenvalue weighted by molar-refractivity contribution is 5.36. The molecule has 1 aromatic carbocycles. The Morgan fingerprint density at radius 2 is 2.10 bits per heavy atom. The average molecular weight is 277 g/mol. The van der Waals surface area contributed by atoms with E-state index in [1.54, 1.807) is 7.11 Å². The van der Waals surface area contributed by atoms with Gasteiger partial charge in [0.05, 0.1) is 7.11 Å². The fourth-order valence-electron chi connectivity index (χ4n) is 3.12. The normalized spacial score (nSPS) is 23.5. The lowest BCUT2D eigenvalue weighted by Gasteiger charge is -2.22. The van der Waals surface area contributed by atoms with Crippen molar-refractivity contribution in [3.05, 3.63) is 29.3 Å². The van der Waals surface area contributed by atoms with Crippen molar-refractivity contribution in [3.8, 4) is 5.75 Å². The first-order chi connectivity index (χ1) is 9.53. The second-order valence-corrected chi connectivity index (χ2v) is 6.15. The third kappa shape index (κ3) is 3.51. The predicted octanol–water partition coefficient (Wildman–Crippen LogP) is 1.71. The van der Waals surface area contributed by atoms with E-state index in [-0.39, 0.29) is 0 Å². The Morgan fingerprint density at radius 3 is 2.65 bits per heavy atom. The minimum absolute atomic E-state index is 0.458. The largest absolute Gasteiger partial charge is 0.497 e. The van der Waals surface area contributed by atoms with Crippen LogP contribution < -0.4 is 10.5 Å². The van der Waals surface area contributed by atoms with Crippen molar-refractivity contribution in [1.29, 1.82) is 0 Å². The fraction of sp³-hybridized carbons (Fsp3) is 0.625. The van der Waals surface area contributed by atoms with Crippen molar-refractivity contribution in [2.45, 2.75) is 19.0 Å². The Bertz CT molecular complexity index is 447. The van der Waals surface area contributed by atoms with Gasteiger partial charge in [0, 0.05) is 19.1 Å². The summed E-state index contributed by atoms with van der Waals surface area (Å²) in [6.45, 7) is 2.79. The maximum atomic E-state index is 5.83. The van der Waals surface area contributed by atoms with E-state index in [0.29, 0.717) is 12.0 Å². The summed E-state index contributed by atoms with van der Waals surface area (Å²) in [5.41, 5.74) is 8.48. The van der Waals surface area contributed by atoms with Gasteiger partial charge in [-0.05, 0) is 63.3 Å². The molecule has 4 heteroatoms. The lowest BCUT2D eigenvalue weighted by atomic mass is 9.98. The van der Waals surface area contributed by atoms with E-state index in [1.807, 2.05) is 0 Å². The van der Waals surface area contributed by atoms with Crippen molar-refractivity contribution in [2.24, 2.45) is 11.7 Å². The van der Waals surface area contributed by atoms with Gasteiger partial charge in [0.2, 0.25) is 0 Å². The summed E-state index contributed by atoms with van der Waals surface area (Å²) in [5.74, 6) is 1.55. The molecule has 0 saturated carbocycles. The van der Waals surface area contributed by atoms with E-state index in [1.165, 1.54) is 11.1 Å². The molecule has 112 valence electrons. The van der Waals surface area contributed by atoms with E-state index in [9.17, 15) is 0 Å². The molecule has 0 bridgehead atoms. The van der Waals surface area contributed by atoms with Crippen LogP contribution in [-0.2, 0) is 6.54 Å². The monoisotopic (exact) mass is 277 g/mol. The van der Waals surface area contributed by atoms with Gasteiger partial charge < -0.3 is 15.4 Å². The van der Waals surface area contributed by atoms with Crippen LogP contribution in [0.25, 0.3) is 0 Å². The molecule has 1 fully saturated rings. The summed E-state index contributed by atoms with van der Waals surface area (Å²) < 4.78 is 5.46. The number of hydrogen-bond acceptors (Lipinski definition) is 4. The molecule has 2 atom stereocenters. The molecule has 2 rings (SSSR count). The lowest BCUT2D eigenvalue weighted by Crippen LogP contribution is -2.20. The highest BCUT2D eigenvalue weighted by Crippen LogP contribution is 2.35. The van der Waals surface area contributed by atoms with Crippen molar-refractivity contribution >= 4 is 0 Å². The molecular formula is C16H27N3O. The maximum Gasteiger partial charge on any atom is 0.119 e. The van der Waals surface area contributed by atoms with Crippen molar-refractivity contribution in [3.63, 3.8) is 0 Å². The van der Waals surface area contributed by atoms with Crippen LogP contribution in [0, 0.1) is 5.92 Å². The highest BCUT2D eigenvalue weighted by Gasteiger charge is 2.30. The highest BCUT2D eigenvalue weighted by atomic mass is 16.5. The molecule has 0 aliphatic carbocycles. The maximum absolute atomic E-state index is 5.83. The van der Waals surface area contributed by atoms with Gasteiger partial charge in [0.15, 0.2) is 0 Å². The molecule has 1 aromatic rings. The zero-order chi connectivity index (χ0) is 14.7. The molecule has 20 heavy (non-hydrogen) atoms. The first kappa shape index (κ1) is 15.3. The third-order valence-electron chi connectivity index (χ3n) is 4.08. The standard InChI is InChI=1S/C16H27N3O/c1-18(2)10-12-5-14(8-15(6-12)20-4)16-7-13(9-17)11-19(16)3/h5-6,8,13,16H,7,9-11,17H2,1-4H3. The smallest absolute Gasteiger partial charge is 0.119 e. The summed E-state index contributed by atoms with van der Waals surface area (Å²) in [5, 5.41) is 0. The number of nitrogens with zero attached hydrogens (tertiary/aromatic N) is 2. The first-order valence-corrected chi connectivity index (χ1v) is 7.26. The zero-order valence-electron chi connectivity index (χ0n) is 13.1.